The Labute approximate surface area is 166 Å². The number of aliphatic hydroxyl groups excluding tert-OH is 1. The number of methoxy groups -OCH3 is 1. The maximum Gasteiger partial charge on any atom is 0.136 e. The fourth-order valence-electron chi connectivity index (χ4n) is 4.08. The first-order valence-corrected chi connectivity index (χ1v) is 9.85. The summed E-state index contributed by atoms with van der Waals surface area (Å²) in [6.07, 6.45) is 2.65. The van der Waals surface area contributed by atoms with E-state index in [-0.39, 0.29) is 12.6 Å². The van der Waals surface area contributed by atoms with Crippen molar-refractivity contribution in [2.45, 2.75) is 19.0 Å². The molecule has 1 saturated heterocycles. The number of fused-ring (bicyclic) bond motifs is 1. The largest absolute Gasteiger partial charge is 0.497 e. The maximum atomic E-state index is 9.63. The molecule has 0 amide bonds. The van der Waals surface area contributed by atoms with E-state index in [0.717, 1.165) is 44.2 Å². The molecule has 146 valence electrons. The molecule has 2 aromatic carbocycles. The van der Waals surface area contributed by atoms with Gasteiger partial charge in [0.25, 0.3) is 0 Å². The normalized spacial score (nSPS) is 17.8. The van der Waals surface area contributed by atoms with Gasteiger partial charge in [0.05, 0.1) is 7.11 Å². The van der Waals surface area contributed by atoms with Crippen LogP contribution in [0.1, 0.15) is 12.0 Å². The van der Waals surface area contributed by atoms with Gasteiger partial charge in [-0.1, -0.05) is 36.4 Å². The predicted octanol–water partition coefficient (Wildman–Crippen LogP) is 3.32. The number of piperazine rings is 1. The van der Waals surface area contributed by atoms with Gasteiger partial charge in [0.1, 0.15) is 11.6 Å². The number of rotatable bonds is 6. The highest BCUT2D eigenvalue weighted by molar-refractivity contribution is 5.92. The van der Waals surface area contributed by atoms with E-state index in [2.05, 4.69) is 57.2 Å². The molecule has 1 N–H and O–H groups in total. The van der Waals surface area contributed by atoms with E-state index >= 15 is 0 Å². The molecule has 1 fully saturated rings. The molecule has 3 aromatic rings. The van der Waals surface area contributed by atoms with Crippen LogP contribution in [0.5, 0.6) is 5.75 Å². The molecule has 1 aliphatic rings. The van der Waals surface area contributed by atoms with Crippen molar-refractivity contribution in [1.82, 2.24) is 9.88 Å². The maximum absolute atomic E-state index is 9.63. The molecule has 28 heavy (non-hydrogen) atoms. The first kappa shape index (κ1) is 18.7. The summed E-state index contributed by atoms with van der Waals surface area (Å²) in [4.78, 5) is 9.52. The van der Waals surface area contributed by atoms with Crippen LogP contribution in [-0.4, -0.2) is 54.4 Å². The molecule has 0 radical (unpaired) electrons. The van der Waals surface area contributed by atoms with Crippen LogP contribution < -0.4 is 9.64 Å². The van der Waals surface area contributed by atoms with E-state index in [0.29, 0.717) is 0 Å². The van der Waals surface area contributed by atoms with Crippen LogP contribution in [0.15, 0.2) is 60.8 Å². The number of anilines is 1. The standard InChI is InChI=1S/C23H27N3O2/c1-28-21-7-4-5-18(15-21)16-25-12-13-26(17-20(25)10-14-27)23-22-8-3-2-6-19(22)9-11-24-23/h2-9,11,15,20,27H,10,12-14,16-17H2,1H3/t20-/m1/s1. The molecule has 1 aromatic heterocycles. The second kappa shape index (κ2) is 8.59. The van der Waals surface area contributed by atoms with Crippen LogP contribution in [0.4, 0.5) is 5.82 Å². The molecule has 1 atom stereocenters. The number of aromatic nitrogens is 1. The third kappa shape index (κ3) is 3.96. The van der Waals surface area contributed by atoms with Crippen molar-refractivity contribution < 1.29 is 9.84 Å². The van der Waals surface area contributed by atoms with Gasteiger partial charge >= 0.3 is 0 Å². The van der Waals surface area contributed by atoms with Crippen LogP contribution in [0, 0.1) is 0 Å². The lowest BCUT2D eigenvalue weighted by Gasteiger charge is -2.42. The second-order valence-electron chi connectivity index (χ2n) is 7.29. The molecule has 4 rings (SSSR count). The molecule has 0 aliphatic carbocycles. The van der Waals surface area contributed by atoms with E-state index in [1.165, 1.54) is 16.3 Å². The fourth-order valence-corrected chi connectivity index (χ4v) is 4.08. The van der Waals surface area contributed by atoms with E-state index in [9.17, 15) is 5.11 Å². The predicted molar refractivity (Wildman–Crippen MR) is 113 cm³/mol. The molecular formula is C23H27N3O2. The smallest absolute Gasteiger partial charge is 0.136 e. The zero-order chi connectivity index (χ0) is 19.3. The number of nitrogens with zero attached hydrogens (tertiary/aromatic N) is 3. The summed E-state index contributed by atoms with van der Waals surface area (Å²) in [6, 6.07) is 19.0. The van der Waals surface area contributed by atoms with Gasteiger partial charge in [-0.05, 0) is 35.6 Å². The molecule has 5 nitrogen and oxygen atoms in total. The Morgan fingerprint density at radius 1 is 1.11 bits per heavy atom. The summed E-state index contributed by atoms with van der Waals surface area (Å²) in [6.45, 7) is 3.78. The number of ether oxygens (including phenoxy) is 1. The Kier molecular flexibility index (Phi) is 5.74. The third-order valence-corrected chi connectivity index (χ3v) is 5.54. The van der Waals surface area contributed by atoms with Crippen LogP contribution in [0.3, 0.4) is 0 Å². The summed E-state index contributed by atoms with van der Waals surface area (Å²) in [5.74, 6) is 1.93. The minimum absolute atomic E-state index is 0.191. The van der Waals surface area contributed by atoms with Gasteiger partial charge in [-0.2, -0.15) is 0 Å². The van der Waals surface area contributed by atoms with Gasteiger partial charge < -0.3 is 14.7 Å². The third-order valence-electron chi connectivity index (χ3n) is 5.54. The summed E-state index contributed by atoms with van der Waals surface area (Å²) < 4.78 is 5.36. The first-order valence-electron chi connectivity index (χ1n) is 9.85. The second-order valence-corrected chi connectivity index (χ2v) is 7.29. The number of hydrogen-bond donors (Lipinski definition) is 1. The highest BCUT2D eigenvalue weighted by Gasteiger charge is 2.28. The lowest BCUT2D eigenvalue weighted by Crippen LogP contribution is -2.53. The van der Waals surface area contributed by atoms with Gasteiger partial charge in [-0.3, -0.25) is 4.90 Å². The van der Waals surface area contributed by atoms with Crippen molar-refractivity contribution in [2.24, 2.45) is 0 Å². The van der Waals surface area contributed by atoms with Crippen LogP contribution in [-0.2, 0) is 6.54 Å². The van der Waals surface area contributed by atoms with Gasteiger partial charge in [0.15, 0.2) is 0 Å². The average Bonchev–Trinajstić information content (AvgIpc) is 2.75. The molecular weight excluding hydrogens is 350 g/mol. The molecule has 1 aliphatic heterocycles. The van der Waals surface area contributed by atoms with Crippen molar-refractivity contribution in [3.05, 3.63) is 66.4 Å². The molecule has 0 bridgehead atoms. The van der Waals surface area contributed by atoms with Gasteiger partial charge in [0, 0.05) is 50.4 Å². The Hall–Kier alpha value is -2.63. The minimum atomic E-state index is 0.191. The monoisotopic (exact) mass is 377 g/mol. The van der Waals surface area contributed by atoms with Crippen molar-refractivity contribution in [3.63, 3.8) is 0 Å². The van der Waals surface area contributed by atoms with Gasteiger partial charge in [-0.25, -0.2) is 4.98 Å². The summed E-state index contributed by atoms with van der Waals surface area (Å²) in [7, 11) is 1.70. The van der Waals surface area contributed by atoms with Crippen LogP contribution >= 0.6 is 0 Å². The number of aliphatic hydroxyl groups is 1. The quantitative estimate of drug-likeness (QED) is 0.714. The molecule has 0 spiro atoms. The molecule has 0 saturated carbocycles. The topological polar surface area (TPSA) is 48.8 Å². The Bertz CT molecular complexity index is 925. The SMILES string of the molecule is COc1cccc(CN2CCN(c3nccc4ccccc34)C[C@H]2CCO)c1. The highest BCUT2D eigenvalue weighted by atomic mass is 16.5. The minimum Gasteiger partial charge on any atom is -0.497 e. The van der Waals surface area contributed by atoms with Crippen LogP contribution in [0.25, 0.3) is 10.8 Å². The van der Waals surface area contributed by atoms with E-state index in [1.807, 2.05) is 18.3 Å². The van der Waals surface area contributed by atoms with Crippen molar-refractivity contribution in [1.29, 1.82) is 0 Å². The zero-order valence-electron chi connectivity index (χ0n) is 16.3. The lowest BCUT2D eigenvalue weighted by atomic mass is 10.1. The Morgan fingerprint density at radius 3 is 2.86 bits per heavy atom. The van der Waals surface area contributed by atoms with Crippen LogP contribution in [0.2, 0.25) is 0 Å². The Balaban J connectivity index is 1.54. The fraction of sp³-hybridized carbons (Fsp3) is 0.348. The molecule has 5 heteroatoms. The average molecular weight is 377 g/mol. The van der Waals surface area contributed by atoms with Crippen molar-refractivity contribution in [3.8, 4) is 5.75 Å². The lowest BCUT2D eigenvalue weighted by molar-refractivity contribution is 0.135. The van der Waals surface area contributed by atoms with E-state index < -0.39 is 0 Å². The Morgan fingerprint density at radius 2 is 2.00 bits per heavy atom. The van der Waals surface area contributed by atoms with E-state index in [1.54, 1.807) is 7.11 Å². The van der Waals surface area contributed by atoms with E-state index in [4.69, 9.17) is 4.74 Å². The summed E-state index contributed by atoms with van der Waals surface area (Å²) in [5, 5.41) is 12.0. The number of benzene rings is 2. The number of pyridine rings is 1. The van der Waals surface area contributed by atoms with Crippen molar-refractivity contribution >= 4 is 16.6 Å². The molecule has 2 heterocycles. The summed E-state index contributed by atoms with van der Waals surface area (Å²) >= 11 is 0. The first-order chi connectivity index (χ1) is 13.8. The van der Waals surface area contributed by atoms with Gasteiger partial charge in [-0.15, -0.1) is 0 Å². The van der Waals surface area contributed by atoms with Crippen molar-refractivity contribution in [2.75, 3.05) is 38.3 Å². The summed E-state index contributed by atoms with van der Waals surface area (Å²) in [5.41, 5.74) is 1.24. The number of hydrogen-bond acceptors (Lipinski definition) is 5. The zero-order valence-corrected chi connectivity index (χ0v) is 16.3. The highest BCUT2D eigenvalue weighted by Crippen LogP contribution is 2.27. The van der Waals surface area contributed by atoms with Gasteiger partial charge in [0.2, 0.25) is 0 Å². The molecule has 0 unspecified atom stereocenters.